The van der Waals surface area contributed by atoms with E-state index in [1.807, 2.05) is 20.8 Å². The number of fused-ring (bicyclic) bond motifs is 1. The molecule has 5 nitrogen and oxygen atoms in total. The van der Waals surface area contributed by atoms with Gasteiger partial charge < -0.3 is 4.74 Å². The molecule has 0 bridgehead atoms. The Morgan fingerprint density at radius 1 is 1.14 bits per heavy atom. The van der Waals surface area contributed by atoms with E-state index in [0.717, 1.165) is 11.3 Å². The van der Waals surface area contributed by atoms with Crippen molar-refractivity contribution in [3.63, 3.8) is 0 Å². The third-order valence-electron chi connectivity index (χ3n) is 2.21. The molecule has 0 aliphatic rings. The van der Waals surface area contributed by atoms with E-state index in [1.54, 1.807) is 11.6 Å². The molecule has 14 heavy (non-hydrogen) atoms. The van der Waals surface area contributed by atoms with Crippen LogP contribution < -0.4 is 4.74 Å². The Hall–Kier alpha value is -1.65. The van der Waals surface area contributed by atoms with Crippen LogP contribution in [0.5, 0.6) is 5.88 Å². The Bertz CT molecular complexity index is 489. The largest absolute Gasteiger partial charge is 0.481 e. The molecule has 0 unspecified atom stereocenters. The molecule has 0 saturated carbocycles. The Balaban J connectivity index is 2.87. The Kier molecular flexibility index (Phi) is 1.87. The highest BCUT2D eigenvalue weighted by atomic mass is 16.5. The summed E-state index contributed by atoms with van der Waals surface area (Å²) < 4.78 is 6.90. The summed E-state index contributed by atoms with van der Waals surface area (Å²) in [6.07, 6.45) is 0. The van der Waals surface area contributed by atoms with E-state index in [-0.39, 0.29) is 0 Å². The van der Waals surface area contributed by atoms with Crippen molar-refractivity contribution >= 4 is 5.78 Å². The van der Waals surface area contributed by atoms with E-state index in [1.165, 1.54) is 0 Å². The maximum Gasteiger partial charge on any atom is 0.255 e. The highest BCUT2D eigenvalue weighted by Crippen LogP contribution is 2.19. The molecule has 2 aromatic heterocycles. The number of aryl methyl sites for hydroxylation is 2. The topological polar surface area (TPSA) is 52.3 Å². The quantitative estimate of drug-likeness (QED) is 0.678. The second-order valence-corrected chi connectivity index (χ2v) is 3.20. The molecule has 0 saturated heterocycles. The van der Waals surface area contributed by atoms with Gasteiger partial charge in [0.05, 0.1) is 7.11 Å². The van der Waals surface area contributed by atoms with Gasteiger partial charge in [-0.1, -0.05) is 0 Å². The van der Waals surface area contributed by atoms with Crippen molar-refractivity contribution in [1.29, 1.82) is 0 Å². The molecule has 5 heteroatoms. The fraction of sp³-hybridized carbons (Fsp3) is 0.444. The van der Waals surface area contributed by atoms with Crippen LogP contribution in [0.3, 0.4) is 0 Å². The summed E-state index contributed by atoms with van der Waals surface area (Å²) in [5.74, 6) is 1.98. The lowest BCUT2D eigenvalue weighted by Gasteiger charge is -2.07. The van der Waals surface area contributed by atoms with Gasteiger partial charge in [-0.15, -0.1) is 5.10 Å². The molecule has 0 aliphatic carbocycles. The van der Waals surface area contributed by atoms with Crippen LogP contribution in [0, 0.1) is 20.8 Å². The lowest BCUT2D eigenvalue weighted by molar-refractivity contribution is 0.380. The van der Waals surface area contributed by atoms with E-state index in [0.29, 0.717) is 17.5 Å². The highest BCUT2D eigenvalue weighted by molar-refractivity contribution is 5.39. The molecular formula is C9H12N4O. The number of aromatic nitrogens is 4. The van der Waals surface area contributed by atoms with E-state index in [4.69, 9.17) is 4.74 Å². The average molecular weight is 192 g/mol. The van der Waals surface area contributed by atoms with E-state index < -0.39 is 0 Å². The lowest BCUT2D eigenvalue weighted by Crippen LogP contribution is -2.03. The molecule has 0 spiro atoms. The normalized spacial score (nSPS) is 10.9. The molecule has 0 radical (unpaired) electrons. The van der Waals surface area contributed by atoms with Gasteiger partial charge in [-0.05, 0) is 20.8 Å². The summed E-state index contributed by atoms with van der Waals surface area (Å²) in [5.41, 5.74) is 1.91. The second kappa shape index (κ2) is 2.94. The van der Waals surface area contributed by atoms with Crippen molar-refractivity contribution in [3.05, 3.63) is 17.1 Å². The first-order valence-electron chi connectivity index (χ1n) is 4.38. The van der Waals surface area contributed by atoms with E-state index in [2.05, 4.69) is 15.1 Å². The van der Waals surface area contributed by atoms with Crippen molar-refractivity contribution in [2.75, 3.05) is 7.11 Å². The van der Waals surface area contributed by atoms with Gasteiger partial charge in [-0.2, -0.15) is 9.50 Å². The molecular weight excluding hydrogens is 180 g/mol. The van der Waals surface area contributed by atoms with Crippen molar-refractivity contribution in [2.24, 2.45) is 0 Å². The van der Waals surface area contributed by atoms with Crippen molar-refractivity contribution in [3.8, 4) is 5.88 Å². The third kappa shape index (κ3) is 1.13. The maximum absolute atomic E-state index is 5.27. The van der Waals surface area contributed by atoms with Crippen LogP contribution in [0.4, 0.5) is 0 Å². The lowest BCUT2D eigenvalue weighted by atomic mass is 10.3. The number of ether oxygens (including phenoxy) is 1. The Morgan fingerprint density at radius 3 is 2.50 bits per heavy atom. The van der Waals surface area contributed by atoms with Gasteiger partial charge in [0.1, 0.15) is 5.82 Å². The van der Waals surface area contributed by atoms with Crippen LogP contribution in [0.15, 0.2) is 0 Å². The van der Waals surface area contributed by atoms with Crippen LogP contribution in [0.25, 0.3) is 5.78 Å². The smallest absolute Gasteiger partial charge is 0.255 e. The number of nitrogens with zero attached hydrogens (tertiary/aromatic N) is 4. The molecule has 0 amide bonds. The highest BCUT2D eigenvalue weighted by Gasteiger charge is 2.11. The first kappa shape index (κ1) is 8.93. The van der Waals surface area contributed by atoms with E-state index in [9.17, 15) is 0 Å². The zero-order valence-electron chi connectivity index (χ0n) is 8.70. The van der Waals surface area contributed by atoms with Crippen molar-refractivity contribution in [1.82, 2.24) is 19.6 Å². The molecule has 0 aliphatic heterocycles. The molecule has 74 valence electrons. The third-order valence-corrected chi connectivity index (χ3v) is 2.21. The maximum atomic E-state index is 5.27. The average Bonchev–Trinajstić information content (AvgIpc) is 2.47. The molecule has 2 rings (SSSR count). The van der Waals surface area contributed by atoms with Gasteiger partial charge in [0.25, 0.3) is 5.78 Å². The predicted octanol–water partition coefficient (Wildman–Crippen LogP) is 1.06. The van der Waals surface area contributed by atoms with Crippen LogP contribution in [0.1, 0.15) is 17.1 Å². The van der Waals surface area contributed by atoms with Gasteiger partial charge >= 0.3 is 0 Å². The molecule has 0 atom stereocenters. The predicted molar refractivity (Wildman–Crippen MR) is 51.5 cm³/mol. The fourth-order valence-corrected chi connectivity index (χ4v) is 1.40. The van der Waals surface area contributed by atoms with Gasteiger partial charge in [-0.25, -0.2) is 4.98 Å². The van der Waals surface area contributed by atoms with Crippen LogP contribution >= 0.6 is 0 Å². The van der Waals surface area contributed by atoms with Crippen LogP contribution in [-0.4, -0.2) is 26.7 Å². The second-order valence-electron chi connectivity index (χ2n) is 3.20. The zero-order chi connectivity index (χ0) is 10.3. The van der Waals surface area contributed by atoms with Gasteiger partial charge in [0.2, 0.25) is 5.88 Å². The molecule has 2 aromatic rings. The van der Waals surface area contributed by atoms with E-state index >= 15 is 0 Å². The summed E-state index contributed by atoms with van der Waals surface area (Å²) in [5, 5.41) is 4.20. The summed E-state index contributed by atoms with van der Waals surface area (Å²) in [4.78, 5) is 8.50. The minimum Gasteiger partial charge on any atom is -0.481 e. The standard InChI is InChI=1S/C9H12N4O/c1-5-6(2)10-9-11-7(3)12-13(9)8(5)14-4/h1-4H3. The minimum absolute atomic E-state index is 0.586. The van der Waals surface area contributed by atoms with Crippen molar-refractivity contribution < 1.29 is 4.74 Å². The van der Waals surface area contributed by atoms with Gasteiger partial charge in [0, 0.05) is 11.3 Å². The summed E-state index contributed by atoms with van der Waals surface area (Å²) >= 11 is 0. The molecule has 2 heterocycles. The van der Waals surface area contributed by atoms with Gasteiger partial charge in [-0.3, -0.25) is 0 Å². The Morgan fingerprint density at radius 2 is 1.86 bits per heavy atom. The van der Waals surface area contributed by atoms with Gasteiger partial charge in [0.15, 0.2) is 0 Å². The number of rotatable bonds is 1. The zero-order valence-corrected chi connectivity index (χ0v) is 8.70. The SMILES string of the molecule is COc1c(C)c(C)nc2nc(C)nn12. The minimum atomic E-state index is 0.586. The van der Waals surface area contributed by atoms with Crippen LogP contribution in [-0.2, 0) is 0 Å². The number of hydrogen-bond acceptors (Lipinski definition) is 4. The fourth-order valence-electron chi connectivity index (χ4n) is 1.40. The molecule has 0 N–H and O–H groups in total. The first-order valence-corrected chi connectivity index (χ1v) is 4.38. The monoisotopic (exact) mass is 192 g/mol. The number of methoxy groups -OCH3 is 1. The summed E-state index contributed by atoms with van der Waals surface area (Å²) in [7, 11) is 1.62. The van der Waals surface area contributed by atoms with Crippen molar-refractivity contribution in [2.45, 2.75) is 20.8 Å². The number of hydrogen-bond donors (Lipinski definition) is 0. The molecule has 0 fully saturated rings. The first-order chi connectivity index (χ1) is 6.63. The summed E-state index contributed by atoms with van der Waals surface area (Å²) in [6.45, 7) is 5.72. The summed E-state index contributed by atoms with van der Waals surface area (Å²) in [6, 6.07) is 0. The van der Waals surface area contributed by atoms with Crippen LogP contribution in [0.2, 0.25) is 0 Å². The Labute approximate surface area is 81.8 Å². The molecule has 0 aromatic carbocycles.